The van der Waals surface area contributed by atoms with Gasteiger partial charge in [0, 0.05) is 18.8 Å². The number of anilines is 1. The van der Waals surface area contributed by atoms with Crippen molar-refractivity contribution in [1.82, 2.24) is 9.62 Å². The fourth-order valence-electron chi connectivity index (χ4n) is 2.74. The summed E-state index contributed by atoms with van der Waals surface area (Å²) in [5, 5.41) is 0. The normalized spacial score (nSPS) is 17.5. The molecule has 138 valence electrons. The third-order valence-corrected chi connectivity index (χ3v) is 4.71. The molecule has 1 aliphatic rings. The number of benzene rings is 1. The van der Waals surface area contributed by atoms with Crippen LogP contribution in [0.5, 0.6) is 0 Å². The maximum atomic E-state index is 12.8. The van der Waals surface area contributed by atoms with Gasteiger partial charge in [0.2, 0.25) is 21.8 Å². The highest BCUT2D eigenvalue weighted by atomic mass is 32.2. The maximum absolute atomic E-state index is 12.8. The molecule has 2 rings (SSSR count). The van der Waals surface area contributed by atoms with Crippen LogP contribution in [0.15, 0.2) is 30.3 Å². The van der Waals surface area contributed by atoms with Gasteiger partial charge in [0.1, 0.15) is 12.6 Å². The Morgan fingerprint density at radius 3 is 2.24 bits per heavy atom. The van der Waals surface area contributed by atoms with Gasteiger partial charge in [-0.05, 0) is 17.5 Å². The van der Waals surface area contributed by atoms with Crippen LogP contribution in [0.25, 0.3) is 0 Å². The number of carbonyl (C=O) groups is 2. The highest BCUT2D eigenvalue weighted by Gasteiger charge is 2.38. The maximum Gasteiger partial charge on any atom is 0.246 e. The van der Waals surface area contributed by atoms with Crippen molar-refractivity contribution in [3.8, 4) is 0 Å². The summed E-state index contributed by atoms with van der Waals surface area (Å²) in [4.78, 5) is 28.4. The Kier molecular flexibility index (Phi) is 5.53. The summed E-state index contributed by atoms with van der Waals surface area (Å²) in [5.74, 6) is -0.559. The van der Waals surface area contributed by atoms with E-state index in [0.717, 1.165) is 11.9 Å². The highest BCUT2D eigenvalue weighted by molar-refractivity contribution is 7.88. The molecule has 1 aromatic rings. The third kappa shape index (κ3) is 5.02. The quantitative estimate of drug-likeness (QED) is 0.854. The number of hydrogen-bond acceptors (Lipinski definition) is 4. The van der Waals surface area contributed by atoms with Crippen molar-refractivity contribution >= 4 is 27.5 Å². The van der Waals surface area contributed by atoms with Crippen LogP contribution < -0.4 is 9.62 Å². The molecule has 1 aliphatic heterocycles. The summed E-state index contributed by atoms with van der Waals surface area (Å²) in [7, 11) is -3.55. The number of rotatable bonds is 4. The molecule has 2 amide bonds. The van der Waals surface area contributed by atoms with E-state index in [4.69, 9.17) is 0 Å². The summed E-state index contributed by atoms with van der Waals surface area (Å²) in [6.45, 7) is 6.04. The number of nitrogens with zero attached hydrogens (tertiary/aromatic N) is 2. The number of amides is 2. The molecule has 1 fully saturated rings. The molecule has 1 aromatic carbocycles. The zero-order valence-electron chi connectivity index (χ0n) is 15.0. The largest absolute Gasteiger partial charge is 0.330 e. The van der Waals surface area contributed by atoms with Gasteiger partial charge in [0.25, 0.3) is 0 Å². The molecule has 0 bridgehead atoms. The Morgan fingerprint density at radius 1 is 1.16 bits per heavy atom. The highest BCUT2D eigenvalue weighted by Crippen LogP contribution is 2.23. The van der Waals surface area contributed by atoms with Crippen molar-refractivity contribution in [2.45, 2.75) is 26.8 Å². The number of nitrogens with one attached hydrogen (secondary N) is 1. The van der Waals surface area contributed by atoms with Crippen LogP contribution in [-0.2, 0) is 19.6 Å². The van der Waals surface area contributed by atoms with Crippen LogP contribution in [-0.4, -0.2) is 57.1 Å². The lowest BCUT2D eigenvalue weighted by atomic mass is 9.86. The van der Waals surface area contributed by atoms with E-state index in [1.54, 1.807) is 25.7 Å². The molecular weight excluding hydrogens is 342 g/mol. The molecule has 1 N–H and O–H groups in total. The summed E-state index contributed by atoms with van der Waals surface area (Å²) in [6.07, 6.45) is 1.03. The summed E-state index contributed by atoms with van der Waals surface area (Å²) in [6, 6.07) is 8.35. The molecule has 0 aliphatic carbocycles. The second kappa shape index (κ2) is 7.13. The van der Waals surface area contributed by atoms with Gasteiger partial charge in [-0.2, -0.15) is 0 Å². The lowest BCUT2D eigenvalue weighted by Crippen LogP contribution is -2.59. The molecule has 0 radical (unpaired) electrons. The lowest BCUT2D eigenvalue weighted by Gasteiger charge is -2.38. The van der Waals surface area contributed by atoms with Gasteiger partial charge in [-0.15, -0.1) is 0 Å². The molecule has 25 heavy (non-hydrogen) atoms. The average molecular weight is 367 g/mol. The van der Waals surface area contributed by atoms with Crippen LogP contribution in [0.2, 0.25) is 0 Å². The van der Waals surface area contributed by atoms with Crippen LogP contribution in [0.4, 0.5) is 5.69 Å². The number of hydrogen-bond donors (Lipinski definition) is 1. The molecule has 0 saturated carbocycles. The summed E-state index contributed by atoms with van der Waals surface area (Å²) < 4.78 is 25.6. The molecule has 1 atom stereocenters. The monoisotopic (exact) mass is 367 g/mol. The Morgan fingerprint density at radius 2 is 1.76 bits per heavy atom. The fraction of sp³-hybridized carbons (Fsp3) is 0.529. The number of sulfonamides is 1. The number of carbonyl (C=O) groups excluding carboxylic acids is 2. The van der Waals surface area contributed by atoms with Crippen LogP contribution in [0.1, 0.15) is 20.8 Å². The lowest BCUT2D eigenvalue weighted by molar-refractivity contribution is -0.140. The first-order chi connectivity index (χ1) is 11.5. The Balaban J connectivity index is 2.14. The first-order valence-corrected chi connectivity index (χ1v) is 10.00. The Labute approximate surface area is 149 Å². The van der Waals surface area contributed by atoms with E-state index in [9.17, 15) is 18.0 Å². The third-order valence-electron chi connectivity index (χ3n) is 4.05. The van der Waals surface area contributed by atoms with Crippen molar-refractivity contribution < 1.29 is 18.0 Å². The van der Waals surface area contributed by atoms with Crippen LogP contribution in [0, 0.1) is 5.41 Å². The fourth-order valence-corrected chi connectivity index (χ4v) is 3.62. The van der Waals surface area contributed by atoms with Gasteiger partial charge < -0.3 is 9.80 Å². The molecule has 0 spiro atoms. The Hall–Kier alpha value is -1.93. The van der Waals surface area contributed by atoms with E-state index in [1.165, 1.54) is 4.90 Å². The van der Waals surface area contributed by atoms with Gasteiger partial charge in [-0.25, -0.2) is 13.1 Å². The zero-order chi connectivity index (χ0) is 18.8. The van der Waals surface area contributed by atoms with E-state index < -0.39 is 21.5 Å². The molecular formula is C17H25N3O4S. The molecule has 1 heterocycles. The average Bonchev–Trinajstić information content (AvgIpc) is 2.51. The molecule has 8 heteroatoms. The molecule has 7 nitrogen and oxygen atoms in total. The molecule has 0 aromatic heterocycles. The summed E-state index contributed by atoms with van der Waals surface area (Å²) >= 11 is 0. The van der Waals surface area contributed by atoms with E-state index in [2.05, 4.69) is 4.72 Å². The smallest absolute Gasteiger partial charge is 0.246 e. The van der Waals surface area contributed by atoms with E-state index >= 15 is 0 Å². The van der Waals surface area contributed by atoms with E-state index in [0.29, 0.717) is 13.1 Å². The van der Waals surface area contributed by atoms with Crippen molar-refractivity contribution in [3.05, 3.63) is 30.3 Å². The SMILES string of the molecule is CC(C)(C)C(NS(C)(=O)=O)C(=O)N1CCN(c2ccccc2)C(=O)C1. The second-order valence-corrected chi connectivity index (χ2v) is 9.11. The van der Waals surface area contributed by atoms with Crippen molar-refractivity contribution in [1.29, 1.82) is 0 Å². The molecule has 1 unspecified atom stereocenters. The Bertz CT molecular complexity index is 741. The van der Waals surface area contributed by atoms with Crippen LogP contribution >= 0.6 is 0 Å². The van der Waals surface area contributed by atoms with E-state index in [1.807, 2.05) is 30.3 Å². The number of para-hydroxylation sites is 1. The number of piperazine rings is 1. The first-order valence-electron chi connectivity index (χ1n) is 8.10. The van der Waals surface area contributed by atoms with Gasteiger partial charge in [0.05, 0.1) is 6.26 Å². The topological polar surface area (TPSA) is 86.8 Å². The van der Waals surface area contributed by atoms with Crippen molar-refractivity contribution in [2.24, 2.45) is 5.41 Å². The summed E-state index contributed by atoms with van der Waals surface area (Å²) in [5.41, 5.74) is 0.181. The van der Waals surface area contributed by atoms with Crippen molar-refractivity contribution in [3.63, 3.8) is 0 Å². The van der Waals surface area contributed by atoms with Crippen molar-refractivity contribution in [2.75, 3.05) is 30.8 Å². The minimum absolute atomic E-state index is 0.0637. The first kappa shape index (κ1) is 19.4. The van der Waals surface area contributed by atoms with Gasteiger partial charge in [0.15, 0.2) is 0 Å². The standard InChI is InChI=1S/C17H25N3O4S/c1-17(2,3)15(18-25(4,23)24)16(22)19-10-11-20(14(21)12-19)13-8-6-5-7-9-13/h5-9,15,18H,10-12H2,1-4H3. The van der Waals surface area contributed by atoms with Gasteiger partial charge in [-0.3, -0.25) is 9.59 Å². The minimum Gasteiger partial charge on any atom is -0.330 e. The minimum atomic E-state index is -3.55. The van der Waals surface area contributed by atoms with Gasteiger partial charge in [-0.1, -0.05) is 39.0 Å². The van der Waals surface area contributed by atoms with E-state index in [-0.39, 0.29) is 18.4 Å². The predicted octanol–water partition coefficient (Wildman–Crippen LogP) is 0.826. The zero-order valence-corrected chi connectivity index (χ0v) is 15.8. The van der Waals surface area contributed by atoms with Gasteiger partial charge >= 0.3 is 0 Å². The molecule has 1 saturated heterocycles. The second-order valence-electron chi connectivity index (χ2n) is 7.33. The predicted molar refractivity (Wildman–Crippen MR) is 96.6 cm³/mol. The van der Waals surface area contributed by atoms with Crippen LogP contribution in [0.3, 0.4) is 0 Å².